The second-order valence-electron chi connectivity index (χ2n) is 4.52. The third-order valence-corrected chi connectivity index (χ3v) is 5.27. The van der Waals surface area contributed by atoms with Crippen LogP contribution >= 0.6 is 11.3 Å². The fourth-order valence-corrected chi connectivity index (χ4v) is 3.84. The van der Waals surface area contributed by atoms with Crippen molar-refractivity contribution in [2.75, 3.05) is 11.5 Å². The van der Waals surface area contributed by atoms with Gasteiger partial charge in [-0.2, -0.15) is 11.3 Å². The summed E-state index contributed by atoms with van der Waals surface area (Å²) in [5, 5.41) is 3.90. The Morgan fingerprint density at radius 2 is 2.15 bits per heavy atom. The number of hydrogen-bond donors (Lipinski definition) is 2. The van der Waals surface area contributed by atoms with E-state index in [0.29, 0.717) is 23.1 Å². The van der Waals surface area contributed by atoms with E-state index in [4.69, 9.17) is 5.73 Å². The van der Waals surface area contributed by atoms with Crippen LogP contribution in [0.2, 0.25) is 0 Å². The summed E-state index contributed by atoms with van der Waals surface area (Å²) >= 11 is 1.56. The van der Waals surface area contributed by atoms with Crippen molar-refractivity contribution in [2.24, 2.45) is 0 Å². The zero-order valence-corrected chi connectivity index (χ0v) is 12.2. The molecule has 0 fully saturated rings. The quantitative estimate of drug-likeness (QED) is 0.723. The van der Waals surface area contributed by atoms with Crippen molar-refractivity contribution in [1.82, 2.24) is 9.97 Å². The first-order valence-corrected chi connectivity index (χ1v) is 8.63. The van der Waals surface area contributed by atoms with E-state index in [-0.39, 0.29) is 10.9 Å². The Bertz CT molecular complexity index is 836. The highest BCUT2D eigenvalue weighted by atomic mass is 32.2. The predicted molar refractivity (Wildman–Crippen MR) is 80.6 cm³/mol. The average molecular weight is 307 g/mol. The molecule has 0 aliphatic heterocycles. The third kappa shape index (κ3) is 2.54. The number of aromatic amines is 1. The van der Waals surface area contributed by atoms with Gasteiger partial charge in [0.1, 0.15) is 0 Å². The second-order valence-corrected chi connectivity index (χ2v) is 7.32. The molecule has 7 heteroatoms. The van der Waals surface area contributed by atoms with Crippen LogP contribution in [0.15, 0.2) is 40.2 Å². The first-order chi connectivity index (χ1) is 9.54. The van der Waals surface area contributed by atoms with Crippen LogP contribution in [-0.4, -0.2) is 24.1 Å². The molecular formula is C13H13N3O2S2. The molecule has 3 aromatic rings. The maximum atomic E-state index is 12.3. The van der Waals surface area contributed by atoms with Gasteiger partial charge in [0.2, 0.25) is 15.0 Å². The van der Waals surface area contributed by atoms with Crippen LogP contribution < -0.4 is 5.73 Å². The topological polar surface area (TPSA) is 88.8 Å². The first kappa shape index (κ1) is 13.1. The van der Waals surface area contributed by atoms with Crippen LogP contribution in [0.4, 0.5) is 5.69 Å². The fraction of sp³-hybridized carbons (Fsp3) is 0.154. The predicted octanol–water partition coefficient (Wildman–Crippen LogP) is 2.22. The Kier molecular flexibility index (Phi) is 3.23. The third-order valence-electron chi connectivity index (χ3n) is 3.02. The van der Waals surface area contributed by atoms with Crippen molar-refractivity contribution >= 4 is 37.9 Å². The van der Waals surface area contributed by atoms with Gasteiger partial charge in [-0.15, -0.1) is 0 Å². The van der Waals surface area contributed by atoms with Crippen molar-refractivity contribution in [2.45, 2.75) is 11.6 Å². The van der Waals surface area contributed by atoms with Gasteiger partial charge in [-0.3, -0.25) is 0 Å². The number of hydrogen-bond acceptors (Lipinski definition) is 5. The monoisotopic (exact) mass is 307 g/mol. The van der Waals surface area contributed by atoms with E-state index < -0.39 is 9.84 Å². The van der Waals surface area contributed by atoms with Crippen molar-refractivity contribution in [1.29, 1.82) is 0 Å². The number of imidazole rings is 1. The highest BCUT2D eigenvalue weighted by Gasteiger charge is 2.19. The smallest absolute Gasteiger partial charge is 0.226 e. The van der Waals surface area contributed by atoms with Gasteiger partial charge in [-0.25, -0.2) is 13.4 Å². The lowest BCUT2D eigenvalue weighted by Crippen LogP contribution is -2.10. The maximum Gasteiger partial charge on any atom is 0.226 e. The highest BCUT2D eigenvalue weighted by molar-refractivity contribution is 7.91. The van der Waals surface area contributed by atoms with Crippen LogP contribution in [0.5, 0.6) is 0 Å². The molecule has 2 aromatic heterocycles. The molecule has 0 saturated carbocycles. The first-order valence-electron chi connectivity index (χ1n) is 6.04. The van der Waals surface area contributed by atoms with E-state index in [2.05, 4.69) is 9.97 Å². The Labute approximate surface area is 120 Å². The Morgan fingerprint density at radius 1 is 1.30 bits per heavy atom. The van der Waals surface area contributed by atoms with E-state index in [1.54, 1.807) is 29.5 Å². The fourth-order valence-electron chi connectivity index (χ4n) is 1.93. The van der Waals surface area contributed by atoms with Crippen LogP contribution in [0.25, 0.3) is 11.0 Å². The standard InChI is InChI=1S/C13H13N3O2S2/c14-10-1-2-11-12(7-10)16-13(15-11)20(17,18)6-4-9-3-5-19-8-9/h1-3,5,7-8H,4,6,14H2,(H,15,16). The minimum Gasteiger partial charge on any atom is -0.399 e. The summed E-state index contributed by atoms with van der Waals surface area (Å²) < 4.78 is 24.5. The number of fused-ring (bicyclic) bond motifs is 1. The Hall–Kier alpha value is -1.86. The molecule has 0 amide bonds. The number of aromatic nitrogens is 2. The van der Waals surface area contributed by atoms with E-state index in [9.17, 15) is 8.42 Å². The van der Waals surface area contributed by atoms with Crippen molar-refractivity contribution < 1.29 is 8.42 Å². The number of nitrogen functional groups attached to an aromatic ring is 1. The number of nitrogens with two attached hydrogens (primary N) is 1. The lowest BCUT2D eigenvalue weighted by atomic mass is 10.3. The number of nitrogens with zero attached hydrogens (tertiary/aromatic N) is 1. The van der Waals surface area contributed by atoms with Crippen LogP contribution in [0.1, 0.15) is 5.56 Å². The summed E-state index contributed by atoms with van der Waals surface area (Å²) in [7, 11) is -3.41. The summed E-state index contributed by atoms with van der Waals surface area (Å²) in [5.74, 6) is 0.0407. The van der Waals surface area contributed by atoms with Crippen LogP contribution in [0.3, 0.4) is 0 Å². The Balaban J connectivity index is 1.88. The molecule has 104 valence electrons. The normalized spacial score (nSPS) is 12.0. The summed E-state index contributed by atoms with van der Waals surface area (Å²) in [6, 6.07) is 7.02. The van der Waals surface area contributed by atoms with Gasteiger partial charge in [0.05, 0.1) is 16.8 Å². The molecule has 0 bridgehead atoms. The number of aryl methyl sites for hydroxylation is 1. The second kappa shape index (κ2) is 4.92. The maximum absolute atomic E-state index is 12.3. The molecule has 0 aliphatic rings. The highest BCUT2D eigenvalue weighted by Crippen LogP contribution is 2.19. The number of anilines is 1. The van der Waals surface area contributed by atoms with Gasteiger partial charge in [-0.1, -0.05) is 0 Å². The van der Waals surface area contributed by atoms with E-state index >= 15 is 0 Å². The number of benzene rings is 1. The van der Waals surface area contributed by atoms with Crippen LogP contribution in [-0.2, 0) is 16.3 Å². The average Bonchev–Trinajstić information content (AvgIpc) is 3.05. The summed E-state index contributed by atoms with van der Waals surface area (Å²) in [4.78, 5) is 6.96. The molecule has 5 nitrogen and oxygen atoms in total. The number of nitrogens with one attached hydrogen (secondary N) is 1. The van der Waals surface area contributed by atoms with Gasteiger partial charge >= 0.3 is 0 Å². The van der Waals surface area contributed by atoms with Crippen molar-refractivity contribution in [3.8, 4) is 0 Å². The molecule has 0 aliphatic carbocycles. The summed E-state index contributed by atoms with van der Waals surface area (Å²) in [6.45, 7) is 0. The molecule has 0 atom stereocenters. The van der Waals surface area contributed by atoms with Crippen molar-refractivity contribution in [3.05, 3.63) is 40.6 Å². The zero-order valence-electron chi connectivity index (χ0n) is 10.5. The van der Waals surface area contributed by atoms with Gasteiger partial charge in [0.25, 0.3) is 0 Å². The van der Waals surface area contributed by atoms with Crippen LogP contribution in [0, 0.1) is 0 Å². The summed E-state index contributed by atoms with van der Waals surface area (Å²) in [6.07, 6.45) is 0.491. The van der Waals surface area contributed by atoms with E-state index in [1.807, 2.05) is 16.8 Å². The van der Waals surface area contributed by atoms with E-state index in [0.717, 1.165) is 5.56 Å². The van der Waals surface area contributed by atoms with Gasteiger partial charge < -0.3 is 10.7 Å². The van der Waals surface area contributed by atoms with E-state index in [1.165, 1.54) is 0 Å². The van der Waals surface area contributed by atoms with Gasteiger partial charge in [-0.05, 0) is 47.0 Å². The van der Waals surface area contributed by atoms with Gasteiger partial charge in [0, 0.05) is 5.69 Å². The van der Waals surface area contributed by atoms with Crippen molar-refractivity contribution in [3.63, 3.8) is 0 Å². The molecular weight excluding hydrogens is 294 g/mol. The zero-order chi connectivity index (χ0) is 14.2. The molecule has 20 heavy (non-hydrogen) atoms. The molecule has 0 saturated heterocycles. The molecule has 3 N–H and O–H groups in total. The number of thiophene rings is 1. The summed E-state index contributed by atoms with van der Waals surface area (Å²) in [5.41, 5.74) is 8.51. The molecule has 3 rings (SSSR count). The molecule has 0 radical (unpaired) electrons. The molecule has 1 aromatic carbocycles. The number of sulfone groups is 1. The molecule has 0 unspecified atom stereocenters. The minimum absolute atomic E-state index is 0.00771. The lowest BCUT2D eigenvalue weighted by molar-refractivity contribution is 0.588. The SMILES string of the molecule is Nc1ccc2nc(S(=O)(=O)CCc3ccsc3)[nH]c2c1. The molecule has 2 heterocycles. The largest absolute Gasteiger partial charge is 0.399 e. The Morgan fingerprint density at radius 3 is 2.90 bits per heavy atom. The minimum atomic E-state index is -3.41. The van der Waals surface area contributed by atoms with Gasteiger partial charge in [0.15, 0.2) is 0 Å². The number of rotatable bonds is 4. The number of H-pyrrole nitrogens is 1. The lowest BCUT2D eigenvalue weighted by Gasteiger charge is -1.99. The molecule has 0 spiro atoms.